The van der Waals surface area contributed by atoms with Crippen LogP contribution in [-0.4, -0.2) is 47.0 Å². The molecule has 0 saturated carbocycles. The number of halogens is 3. The number of fused-ring (bicyclic) bond motifs is 1. The van der Waals surface area contributed by atoms with Crippen LogP contribution in [0.25, 0.3) is 0 Å². The van der Waals surface area contributed by atoms with Crippen LogP contribution >= 0.6 is 35.6 Å². The average molecular weight is 484 g/mol. The summed E-state index contributed by atoms with van der Waals surface area (Å²) in [6.07, 6.45) is 4.63. The Kier molecular flexibility index (Phi) is 7.80. The molecule has 0 radical (unpaired) electrons. The summed E-state index contributed by atoms with van der Waals surface area (Å²) in [5.74, 6) is 0.387. The molecule has 1 aliphatic heterocycles. The summed E-state index contributed by atoms with van der Waals surface area (Å²) in [6.45, 7) is 4.14. The molecule has 4 rings (SSSR count). The highest BCUT2D eigenvalue weighted by atomic mass is 35.5. The van der Waals surface area contributed by atoms with E-state index in [1.807, 2.05) is 31.0 Å². The highest BCUT2D eigenvalue weighted by molar-refractivity contribution is 6.42. The van der Waals surface area contributed by atoms with E-state index in [1.54, 1.807) is 18.2 Å². The molecule has 0 spiro atoms. The monoisotopic (exact) mass is 482 g/mol. The van der Waals surface area contributed by atoms with E-state index >= 15 is 0 Å². The van der Waals surface area contributed by atoms with Crippen molar-refractivity contribution in [3.05, 3.63) is 62.6 Å². The van der Waals surface area contributed by atoms with E-state index in [0.29, 0.717) is 21.8 Å². The van der Waals surface area contributed by atoms with Crippen molar-refractivity contribution in [2.24, 2.45) is 0 Å². The molecule has 1 heterocycles. The second-order valence-corrected chi connectivity index (χ2v) is 9.32. The number of carbonyl (C=O) groups is 1. The number of carbonyl (C=O) groups excluding carboxylic acids is 1. The maximum absolute atomic E-state index is 13.3. The molecule has 168 valence electrons. The number of benzene rings is 2. The molecule has 0 aromatic heterocycles. The highest BCUT2D eigenvalue weighted by Crippen LogP contribution is 2.41. The Bertz CT molecular complexity index is 960. The number of aromatic hydroxyl groups is 1. The van der Waals surface area contributed by atoms with Gasteiger partial charge in [-0.05, 0) is 86.1 Å². The minimum Gasteiger partial charge on any atom is -0.508 e. The lowest BCUT2D eigenvalue weighted by Crippen LogP contribution is -2.48. The number of rotatable bonds is 4. The van der Waals surface area contributed by atoms with Crippen LogP contribution in [-0.2, 0) is 17.6 Å². The van der Waals surface area contributed by atoms with Gasteiger partial charge in [-0.3, -0.25) is 9.69 Å². The Morgan fingerprint density at radius 3 is 2.55 bits per heavy atom. The van der Waals surface area contributed by atoms with E-state index in [1.165, 1.54) is 24.0 Å². The van der Waals surface area contributed by atoms with Crippen molar-refractivity contribution in [1.82, 2.24) is 9.80 Å². The zero-order valence-corrected chi connectivity index (χ0v) is 20.2. The van der Waals surface area contributed by atoms with Gasteiger partial charge in [0.05, 0.1) is 22.5 Å². The average Bonchev–Trinajstić information content (AvgIpc) is 3.27. The van der Waals surface area contributed by atoms with Gasteiger partial charge < -0.3 is 10.0 Å². The fourth-order valence-corrected chi connectivity index (χ4v) is 5.38. The fraction of sp³-hybridized carbons (Fsp3) is 0.458. The van der Waals surface area contributed by atoms with Crippen LogP contribution in [0.15, 0.2) is 30.3 Å². The molecule has 1 N–H and O–H groups in total. The Balaban J connectivity index is 0.00000272. The molecule has 31 heavy (non-hydrogen) atoms. The molecule has 0 bridgehead atoms. The SMILES string of the molecule is Cc1c(O)ccc2c1CC[C@H](N1CCCC1)[C@H]2N(C)C(=O)Cc1ccc(Cl)c(Cl)c1.Cl. The van der Waals surface area contributed by atoms with Gasteiger partial charge in [-0.1, -0.05) is 35.3 Å². The summed E-state index contributed by atoms with van der Waals surface area (Å²) >= 11 is 12.2. The van der Waals surface area contributed by atoms with Crippen LogP contribution in [0.1, 0.15) is 47.6 Å². The molecule has 1 amide bonds. The largest absolute Gasteiger partial charge is 0.508 e. The van der Waals surface area contributed by atoms with Crippen LogP contribution in [0.2, 0.25) is 10.0 Å². The lowest BCUT2D eigenvalue weighted by molar-refractivity contribution is -0.133. The number of amides is 1. The zero-order chi connectivity index (χ0) is 21.4. The maximum Gasteiger partial charge on any atom is 0.227 e. The van der Waals surface area contributed by atoms with E-state index in [0.717, 1.165) is 37.1 Å². The van der Waals surface area contributed by atoms with Crippen LogP contribution < -0.4 is 0 Å². The third-order valence-corrected chi connectivity index (χ3v) is 7.48. The molecule has 4 nitrogen and oxygen atoms in total. The summed E-state index contributed by atoms with van der Waals surface area (Å²) in [5, 5.41) is 11.2. The molecule has 2 aliphatic rings. The Hall–Kier alpha value is -1.46. The smallest absolute Gasteiger partial charge is 0.227 e. The first-order chi connectivity index (χ1) is 14.4. The molecule has 2 aromatic carbocycles. The molecular weight excluding hydrogens is 455 g/mol. The van der Waals surface area contributed by atoms with E-state index in [9.17, 15) is 9.90 Å². The molecule has 2 aromatic rings. The zero-order valence-electron chi connectivity index (χ0n) is 17.9. The van der Waals surface area contributed by atoms with Gasteiger partial charge >= 0.3 is 0 Å². The lowest BCUT2D eigenvalue weighted by Gasteiger charge is -2.44. The third kappa shape index (κ3) is 4.83. The van der Waals surface area contributed by atoms with Gasteiger partial charge in [0, 0.05) is 13.1 Å². The van der Waals surface area contributed by atoms with Gasteiger partial charge in [0.2, 0.25) is 5.91 Å². The predicted octanol–water partition coefficient (Wildman–Crippen LogP) is 5.58. The van der Waals surface area contributed by atoms with Crippen molar-refractivity contribution in [2.45, 2.75) is 51.1 Å². The number of likely N-dealkylation sites (N-methyl/N-ethyl adjacent to an activating group) is 1. The molecule has 1 saturated heterocycles. The van der Waals surface area contributed by atoms with Gasteiger partial charge in [-0.2, -0.15) is 0 Å². The quantitative estimate of drug-likeness (QED) is 0.617. The third-order valence-electron chi connectivity index (χ3n) is 6.74. The van der Waals surface area contributed by atoms with Gasteiger partial charge in [0.15, 0.2) is 0 Å². The summed E-state index contributed by atoms with van der Waals surface area (Å²) in [4.78, 5) is 17.8. The number of likely N-dealkylation sites (tertiary alicyclic amines) is 1. The minimum atomic E-state index is -0.0265. The van der Waals surface area contributed by atoms with Crippen LogP contribution in [0.4, 0.5) is 0 Å². The lowest BCUT2D eigenvalue weighted by atomic mass is 9.80. The van der Waals surface area contributed by atoms with Crippen molar-refractivity contribution in [3.63, 3.8) is 0 Å². The first-order valence-corrected chi connectivity index (χ1v) is 11.4. The van der Waals surface area contributed by atoms with Crippen LogP contribution in [0, 0.1) is 6.92 Å². The first-order valence-electron chi connectivity index (χ1n) is 10.6. The van der Waals surface area contributed by atoms with E-state index in [-0.39, 0.29) is 30.8 Å². The van der Waals surface area contributed by atoms with Crippen LogP contribution in [0.3, 0.4) is 0 Å². The van der Waals surface area contributed by atoms with Crippen molar-refractivity contribution in [2.75, 3.05) is 20.1 Å². The van der Waals surface area contributed by atoms with Gasteiger partial charge in [-0.15, -0.1) is 12.4 Å². The Labute approximate surface area is 200 Å². The van der Waals surface area contributed by atoms with Crippen molar-refractivity contribution in [3.8, 4) is 5.75 Å². The van der Waals surface area contributed by atoms with Crippen molar-refractivity contribution < 1.29 is 9.90 Å². The molecule has 0 unspecified atom stereocenters. The molecular formula is C24H29Cl3N2O2. The van der Waals surface area contributed by atoms with E-state index in [2.05, 4.69) is 4.90 Å². The number of nitrogens with zero attached hydrogens (tertiary/aromatic N) is 2. The predicted molar refractivity (Wildman–Crippen MR) is 129 cm³/mol. The molecule has 7 heteroatoms. The van der Waals surface area contributed by atoms with Crippen molar-refractivity contribution >= 4 is 41.5 Å². The minimum absolute atomic E-state index is 0. The number of hydrogen-bond acceptors (Lipinski definition) is 3. The summed E-state index contributed by atoms with van der Waals surface area (Å²) in [5.41, 5.74) is 4.14. The Morgan fingerprint density at radius 1 is 1.16 bits per heavy atom. The summed E-state index contributed by atoms with van der Waals surface area (Å²) in [7, 11) is 1.91. The summed E-state index contributed by atoms with van der Waals surface area (Å²) < 4.78 is 0. The van der Waals surface area contributed by atoms with Gasteiger partial charge in [0.1, 0.15) is 5.75 Å². The fourth-order valence-electron chi connectivity index (χ4n) is 5.06. The number of phenols is 1. The standard InChI is InChI=1S/C24H28Cl2N2O2.ClH/c1-15-17-6-9-21(28-11-3-4-12-28)24(18(17)7-10-22(15)29)27(2)23(30)14-16-5-8-19(25)20(26)13-16;/h5,7-8,10,13,21,24,29H,3-4,6,9,11-12,14H2,1-2H3;1H/t21-,24-;/m0./s1. The number of phenolic OH excluding ortho intramolecular Hbond substituents is 1. The summed E-state index contributed by atoms with van der Waals surface area (Å²) in [6, 6.07) is 9.41. The molecule has 2 atom stereocenters. The van der Waals surface area contributed by atoms with Crippen molar-refractivity contribution in [1.29, 1.82) is 0 Å². The second kappa shape index (κ2) is 9.99. The molecule has 1 aliphatic carbocycles. The van der Waals surface area contributed by atoms with E-state index < -0.39 is 0 Å². The maximum atomic E-state index is 13.3. The van der Waals surface area contributed by atoms with E-state index in [4.69, 9.17) is 23.2 Å². The Morgan fingerprint density at radius 2 is 1.87 bits per heavy atom. The number of hydrogen-bond donors (Lipinski definition) is 1. The normalized spacial score (nSPS) is 20.8. The second-order valence-electron chi connectivity index (χ2n) is 8.50. The topological polar surface area (TPSA) is 43.8 Å². The van der Waals surface area contributed by atoms with Gasteiger partial charge in [-0.25, -0.2) is 0 Å². The molecule has 1 fully saturated rings. The van der Waals surface area contributed by atoms with Crippen LogP contribution in [0.5, 0.6) is 5.75 Å². The van der Waals surface area contributed by atoms with Gasteiger partial charge in [0.25, 0.3) is 0 Å². The highest BCUT2D eigenvalue weighted by Gasteiger charge is 2.39. The first kappa shape index (κ1) is 24.2.